The molecule has 0 saturated carbocycles. The molecule has 1 unspecified atom stereocenters. The van der Waals surface area contributed by atoms with Gasteiger partial charge in [0.25, 0.3) is 5.91 Å². The molecule has 1 atom stereocenters. The van der Waals surface area contributed by atoms with Gasteiger partial charge in [-0.1, -0.05) is 6.07 Å². The Morgan fingerprint density at radius 1 is 1.35 bits per heavy atom. The van der Waals surface area contributed by atoms with E-state index in [0.29, 0.717) is 30.0 Å². The molecule has 0 bridgehead atoms. The summed E-state index contributed by atoms with van der Waals surface area (Å²) in [6, 6.07) is 7.70. The van der Waals surface area contributed by atoms with Gasteiger partial charge in [0.1, 0.15) is 11.5 Å². The zero-order valence-corrected chi connectivity index (χ0v) is 12.9. The summed E-state index contributed by atoms with van der Waals surface area (Å²) in [5, 5.41) is 9.44. The van der Waals surface area contributed by atoms with Crippen LogP contribution in [-0.4, -0.2) is 40.2 Å². The lowest BCUT2D eigenvalue weighted by molar-refractivity contribution is 0.0386. The van der Waals surface area contributed by atoms with Gasteiger partial charge in [-0.25, -0.2) is 4.39 Å². The second-order valence-electron chi connectivity index (χ2n) is 5.66. The number of methoxy groups -OCH3 is 1. The number of ether oxygens (including phenoxy) is 1. The van der Waals surface area contributed by atoms with Gasteiger partial charge in [0, 0.05) is 26.4 Å². The standard InChI is InChI=1S/C17H19FN2O3/c1-23-11-15-9-19-6-2-3-16(19)17(22)20(15)8-13-7-14(18)5-4-12(13)10-21/h2-7,15,21H,8-11H2,1H3. The van der Waals surface area contributed by atoms with Crippen molar-refractivity contribution in [2.24, 2.45) is 0 Å². The summed E-state index contributed by atoms with van der Waals surface area (Å²) in [5.74, 6) is -0.496. The number of aliphatic hydroxyl groups excluding tert-OH is 1. The van der Waals surface area contributed by atoms with Crippen molar-refractivity contribution in [3.05, 3.63) is 59.2 Å². The quantitative estimate of drug-likeness (QED) is 0.914. The minimum atomic E-state index is -0.381. The molecule has 1 aromatic carbocycles. The van der Waals surface area contributed by atoms with Crippen LogP contribution in [0.2, 0.25) is 0 Å². The van der Waals surface area contributed by atoms with E-state index in [1.165, 1.54) is 12.1 Å². The van der Waals surface area contributed by atoms with E-state index in [1.54, 1.807) is 24.1 Å². The Morgan fingerprint density at radius 3 is 2.91 bits per heavy atom. The van der Waals surface area contributed by atoms with Gasteiger partial charge in [0.05, 0.1) is 19.3 Å². The molecular weight excluding hydrogens is 299 g/mol. The Kier molecular flexibility index (Phi) is 4.45. The van der Waals surface area contributed by atoms with Gasteiger partial charge in [-0.2, -0.15) is 0 Å². The number of hydrogen-bond acceptors (Lipinski definition) is 3. The molecule has 23 heavy (non-hydrogen) atoms. The molecule has 0 spiro atoms. The molecular formula is C17H19FN2O3. The Bertz CT molecular complexity index is 714. The number of nitrogens with zero attached hydrogens (tertiary/aromatic N) is 2. The molecule has 5 nitrogen and oxygen atoms in total. The fourth-order valence-electron chi connectivity index (χ4n) is 3.02. The molecule has 2 heterocycles. The lowest BCUT2D eigenvalue weighted by Crippen LogP contribution is -2.49. The summed E-state index contributed by atoms with van der Waals surface area (Å²) in [5.41, 5.74) is 1.84. The predicted molar refractivity (Wildman–Crippen MR) is 82.3 cm³/mol. The van der Waals surface area contributed by atoms with Crippen LogP contribution in [-0.2, 0) is 24.4 Å². The molecule has 0 saturated heterocycles. The fraction of sp³-hybridized carbons (Fsp3) is 0.353. The largest absolute Gasteiger partial charge is 0.392 e. The number of rotatable bonds is 5. The van der Waals surface area contributed by atoms with E-state index in [0.717, 1.165) is 0 Å². The summed E-state index contributed by atoms with van der Waals surface area (Å²) >= 11 is 0. The van der Waals surface area contributed by atoms with Crippen LogP contribution in [0.5, 0.6) is 0 Å². The third-order valence-electron chi connectivity index (χ3n) is 4.20. The molecule has 6 heteroatoms. The van der Waals surface area contributed by atoms with Crippen LogP contribution in [0.15, 0.2) is 36.5 Å². The molecule has 2 aromatic rings. The number of benzene rings is 1. The molecule has 1 aliphatic heterocycles. The molecule has 122 valence electrons. The smallest absolute Gasteiger partial charge is 0.271 e. The van der Waals surface area contributed by atoms with Crippen molar-refractivity contribution in [1.29, 1.82) is 0 Å². The van der Waals surface area contributed by atoms with Crippen LogP contribution in [0.25, 0.3) is 0 Å². The zero-order valence-electron chi connectivity index (χ0n) is 12.9. The molecule has 1 amide bonds. The Labute approximate surface area is 133 Å². The Morgan fingerprint density at radius 2 is 2.17 bits per heavy atom. The van der Waals surface area contributed by atoms with Gasteiger partial charge in [0.2, 0.25) is 0 Å². The van der Waals surface area contributed by atoms with Gasteiger partial charge < -0.3 is 19.3 Å². The zero-order chi connectivity index (χ0) is 16.4. The first-order valence-corrected chi connectivity index (χ1v) is 7.47. The van der Waals surface area contributed by atoms with Crippen LogP contribution in [0.3, 0.4) is 0 Å². The molecule has 1 aromatic heterocycles. The van der Waals surface area contributed by atoms with Crippen molar-refractivity contribution >= 4 is 5.91 Å². The topological polar surface area (TPSA) is 54.7 Å². The lowest BCUT2D eigenvalue weighted by Gasteiger charge is -2.36. The summed E-state index contributed by atoms with van der Waals surface area (Å²) in [4.78, 5) is 14.4. The minimum absolute atomic E-state index is 0.114. The predicted octanol–water partition coefficient (Wildman–Crippen LogP) is 1.79. The van der Waals surface area contributed by atoms with Gasteiger partial charge in [0.15, 0.2) is 0 Å². The van der Waals surface area contributed by atoms with E-state index >= 15 is 0 Å². The molecule has 0 radical (unpaired) electrons. The van der Waals surface area contributed by atoms with E-state index in [9.17, 15) is 14.3 Å². The van der Waals surface area contributed by atoms with Crippen molar-refractivity contribution in [1.82, 2.24) is 9.47 Å². The molecule has 1 aliphatic rings. The summed E-state index contributed by atoms with van der Waals surface area (Å²) in [6.45, 7) is 1.08. The van der Waals surface area contributed by atoms with E-state index in [4.69, 9.17) is 4.74 Å². The summed E-state index contributed by atoms with van der Waals surface area (Å²) in [6.07, 6.45) is 1.87. The van der Waals surface area contributed by atoms with E-state index in [2.05, 4.69) is 0 Å². The Hall–Kier alpha value is -2.18. The van der Waals surface area contributed by atoms with Crippen molar-refractivity contribution in [2.45, 2.75) is 25.7 Å². The Balaban J connectivity index is 1.93. The maximum Gasteiger partial charge on any atom is 0.271 e. The highest BCUT2D eigenvalue weighted by atomic mass is 19.1. The molecule has 0 fully saturated rings. The van der Waals surface area contributed by atoms with Crippen LogP contribution < -0.4 is 0 Å². The van der Waals surface area contributed by atoms with E-state index < -0.39 is 0 Å². The van der Waals surface area contributed by atoms with Crippen molar-refractivity contribution in [2.75, 3.05) is 13.7 Å². The number of aromatic nitrogens is 1. The minimum Gasteiger partial charge on any atom is -0.392 e. The van der Waals surface area contributed by atoms with Crippen LogP contribution >= 0.6 is 0 Å². The highest BCUT2D eigenvalue weighted by Crippen LogP contribution is 2.23. The highest BCUT2D eigenvalue weighted by molar-refractivity contribution is 5.93. The number of fused-ring (bicyclic) bond motifs is 1. The molecule has 3 rings (SSSR count). The third-order valence-corrected chi connectivity index (χ3v) is 4.20. The first-order chi connectivity index (χ1) is 11.1. The second kappa shape index (κ2) is 6.52. The monoisotopic (exact) mass is 318 g/mol. The average molecular weight is 318 g/mol. The normalized spacial score (nSPS) is 17.4. The van der Waals surface area contributed by atoms with Crippen molar-refractivity contribution in [3.63, 3.8) is 0 Å². The number of halogens is 1. The van der Waals surface area contributed by atoms with Gasteiger partial charge in [-0.05, 0) is 35.4 Å². The van der Waals surface area contributed by atoms with E-state index in [-0.39, 0.29) is 30.9 Å². The number of hydrogen-bond donors (Lipinski definition) is 1. The van der Waals surface area contributed by atoms with Gasteiger partial charge in [-0.15, -0.1) is 0 Å². The van der Waals surface area contributed by atoms with Crippen molar-refractivity contribution in [3.8, 4) is 0 Å². The third kappa shape index (κ3) is 3.00. The average Bonchev–Trinajstić information content (AvgIpc) is 3.00. The lowest BCUT2D eigenvalue weighted by atomic mass is 10.0. The fourth-order valence-corrected chi connectivity index (χ4v) is 3.02. The first-order valence-electron chi connectivity index (χ1n) is 7.47. The molecule has 0 aliphatic carbocycles. The van der Waals surface area contributed by atoms with Gasteiger partial charge in [-0.3, -0.25) is 4.79 Å². The van der Waals surface area contributed by atoms with E-state index in [1.807, 2.05) is 16.8 Å². The van der Waals surface area contributed by atoms with Crippen LogP contribution in [0, 0.1) is 5.82 Å². The highest BCUT2D eigenvalue weighted by Gasteiger charge is 2.32. The maximum absolute atomic E-state index is 13.6. The van der Waals surface area contributed by atoms with Crippen LogP contribution in [0.1, 0.15) is 21.6 Å². The summed E-state index contributed by atoms with van der Waals surface area (Å²) < 4.78 is 20.7. The number of aliphatic hydroxyl groups is 1. The SMILES string of the molecule is COCC1Cn2cccc2C(=O)N1Cc1cc(F)ccc1CO. The summed E-state index contributed by atoms with van der Waals surface area (Å²) in [7, 11) is 1.59. The number of carbonyl (C=O) groups excluding carboxylic acids is 1. The maximum atomic E-state index is 13.6. The number of amides is 1. The van der Waals surface area contributed by atoms with Crippen molar-refractivity contribution < 1.29 is 19.0 Å². The first kappa shape index (κ1) is 15.7. The second-order valence-corrected chi connectivity index (χ2v) is 5.66. The molecule has 1 N–H and O–H groups in total. The van der Waals surface area contributed by atoms with Gasteiger partial charge >= 0.3 is 0 Å². The number of carbonyl (C=O) groups is 1. The van der Waals surface area contributed by atoms with Crippen LogP contribution in [0.4, 0.5) is 4.39 Å².